The highest BCUT2D eigenvalue weighted by Gasteiger charge is 2.02. The molecule has 0 fully saturated rings. The first-order valence-corrected chi connectivity index (χ1v) is 4.78. The van der Waals surface area contributed by atoms with Gasteiger partial charge in [0.15, 0.2) is 0 Å². The zero-order valence-corrected chi connectivity index (χ0v) is 8.30. The van der Waals surface area contributed by atoms with Crippen molar-refractivity contribution in [2.75, 3.05) is 0 Å². The Morgan fingerprint density at radius 1 is 1.21 bits per heavy atom. The highest BCUT2D eigenvalue weighted by atomic mass is 16.3. The van der Waals surface area contributed by atoms with Crippen molar-refractivity contribution in [2.24, 2.45) is 0 Å². The second-order valence-corrected chi connectivity index (χ2v) is 3.42. The van der Waals surface area contributed by atoms with Gasteiger partial charge in [0, 0.05) is 6.42 Å². The molecule has 1 rings (SSSR count). The average molecular weight is 192 g/mol. The molecule has 0 radical (unpaired) electrons. The minimum Gasteiger partial charge on any atom is -0.393 e. The van der Waals surface area contributed by atoms with Gasteiger partial charge in [-0.2, -0.15) is 0 Å². The topological polar surface area (TPSA) is 40.5 Å². The predicted molar refractivity (Wildman–Crippen MR) is 57.8 cm³/mol. The summed E-state index contributed by atoms with van der Waals surface area (Å²) in [5.74, 6) is 0. The maximum atomic E-state index is 9.43. The van der Waals surface area contributed by atoms with Crippen molar-refractivity contribution >= 4 is 6.08 Å². The van der Waals surface area contributed by atoms with E-state index in [0.29, 0.717) is 6.42 Å². The Bertz CT molecular complexity index is 278. The largest absolute Gasteiger partial charge is 0.393 e. The fourth-order valence-corrected chi connectivity index (χ4v) is 1.21. The molecule has 0 aliphatic carbocycles. The molecule has 1 aromatic carbocycles. The molecule has 0 aliphatic heterocycles. The third-order valence-electron chi connectivity index (χ3n) is 1.89. The van der Waals surface area contributed by atoms with Gasteiger partial charge in [0.2, 0.25) is 0 Å². The maximum absolute atomic E-state index is 9.43. The molecule has 2 heteroatoms. The molecule has 2 N–H and O–H groups in total. The Morgan fingerprint density at radius 2 is 1.86 bits per heavy atom. The lowest BCUT2D eigenvalue weighted by Crippen LogP contribution is -2.11. The third-order valence-corrected chi connectivity index (χ3v) is 1.89. The first kappa shape index (κ1) is 11.0. The van der Waals surface area contributed by atoms with E-state index in [-0.39, 0.29) is 0 Å². The van der Waals surface area contributed by atoms with E-state index in [1.54, 1.807) is 13.0 Å². The molecule has 0 heterocycles. The number of benzene rings is 1. The molecule has 0 amide bonds. The first-order chi connectivity index (χ1) is 6.68. The second-order valence-electron chi connectivity index (χ2n) is 3.42. The number of hydrogen-bond acceptors (Lipinski definition) is 2. The van der Waals surface area contributed by atoms with Crippen LogP contribution in [0.2, 0.25) is 0 Å². The molecule has 0 spiro atoms. The summed E-state index contributed by atoms with van der Waals surface area (Å²) >= 11 is 0. The normalized spacial score (nSPS) is 15.6. The van der Waals surface area contributed by atoms with Gasteiger partial charge in [-0.1, -0.05) is 42.5 Å². The summed E-state index contributed by atoms with van der Waals surface area (Å²) in [6, 6.07) is 9.77. The van der Waals surface area contributed by atoms with Crippen LogP contribution in [0.15, 0.2) is 36.4 Å². The van der Waals surface area contributed by atoms with Crippen LogP contribution in [0.4, 0.5) is 0 Å². The van der Waals surface area contributed by atoms with E-state index in [0.717, 1.165) is 5.56 Å². The molecule has 0 saturated carbocycles. The van der Waals surface area contributed by atoms with Crippen molar-refractivity contribution in [1.29, 1.82) is 0 Å². The highest BCUT2D eigenvalue weighted by Crippen LogP contribution is 2.05. The predicted octanol–water partition coefficient (Wildman–Crippen LogP) is 1.83. The summed E-state index contributed by atoms with van der Waals surface area (Å²) in [5.41, 5.74) is 1.05. The molecular weight excluding hydrogens is 176 g/mol. The van der Waals surface area contributed by atoms with Crippen LogP contribution in [-0.2, 0) is 0 Å². The van der Waals surface area contributed by atoms with Crippen molar-refractivity contribution in [2.45, 2.75) is 25.6 Å². The van der Waals surface area contributed by atoms with E-state index in [9.17, 15) is 5.11 Å². The van der Waals surface area contributed by atoms with E-state index in [1.807, 2.05) is 36.4 Å². The van der Waals surface area contributed by atoms with E-state index in [1.165, 1.54) is 0 Å². The smallest absolute Gasteiger partial charge is 0.0748 e. The summed E-state index contributed by atoms with van der Waals surface area (Å²) in [5, 5.41) is 18.5. The molecule has 2 nitrogen and oxygen atoms in total. The Balaban J connectivity index is 2.48. The minimum absolute atomic E-state index is 0.378. The summed E-state index contributed by atoms with van der Waals surface area (Å²) in [4.78, 5) is 0. The summed E-state index contributed by atoms with van der Waals surface area (Å²) in [6.45, 7) is 1.67. The van der Waals surface area contributed by atoms with Gasteiger partial charge in [-0.05, 0) is 12.5 Å². The Morgan fingerprint density at radius 3 is 2.43 bits per heavy atom. The molecule has 76 valence electrons. The molecule has 0 unspecified atom stereocenters. The first-order valence-electron chi connectivity index (χ1n) is 4.78. The number of aliphatic hydroxyl groups excluding tert-OH is 2. The zero-order valence-electron chi connectivity index (χ0n) is 8.30. The van der Waals surface area contributed by atoms with E-state index < -0.39 is 12.2 Å². The Labute approximate surface area is 84.5 Å². The van der Waals surface area contributed by atoms with Crippen molar-refractivity contribution in [3.05, 3.63) is 42.0 Å². The molecule has 0 saturated heterocycles. The quantitative estimate of drug-likeness (QED) is 0.764. The molecule has 2 atom stereocenters. The van der Waals surface area contributed by atoms with Crippen LogP contribution >= 0.6 is 0 Å². The molecule has 0 aromatic heterocycles. The number of rotatable bonds is 4. The fraction of sp³-hybridized carbons (Fsp3) is 0.333. The molecule has 14 heavy (non-hydrogen) atoms. The van der Waals surface area contributed by atoms with Crippen LogP contribution in [0, 0.1) is 0 Å². The van der Waals surface area contributed by atoms with Gasteiger partial charge >= 0.3 is 0 Å². The van der Waals surface area contributed by atoms with Crippen molar-refractivity contribution in [1.82, 2.24) is 0 Å². The van der Waals surface area contributed by atoms with E-state index in [2.05, 4.69) is 0 Å². The van der Waals surface area contributed by atoms with Crippen LogP contribution < -0.4 is 0 Å². The van der Waals surface area contributed by atoms with Crippen LogP contribution in [0.3, 0.4) is 0 Å². The summed E-state index contributed by atoms with van der Waals surface area (Å²) in [7, 11) is 0. The lowest BCUT2D eigenvalue weighted by Gasteiger charge is -2.07. The van der Waals surface area contributed by atoms with E-state index in [4.69, 9.17) is 5.11 Å². The van der Waals surface area contributed by atoms with Crippen molar-refractivity contribution < 1.29 is 10.2 Å². The average Bonchev–Trinajstić information content (AvgIpc) is 2.15. The molecular formula is C12H16O2. The van der Waals surface area contributed by atoms with Crippen LogP contribution in [0.1, 0.15) is 18.9 Å². The zero-order chi connectivity index (χ0) is 10.4. The van der Waals surface area contributed by atoms with Gasteiger partial charge in [0.25, 0.3) is 0 Å². The fourth-order valence-electron chi connectivity index (χ4n) is 1.21. The van der Waals surface area contributed by atoms with Gasteiger partial charge in [-0.15, -0.1) is 0 Å². The maximum Gasteiger partial charge on any atom is 0.0748 e. The van der Waals surface area contributed by atoms with Gasteiger partial charge in [0.1, 0.15) is 0 Å². The molecule has 1 aromatic rings. The number of hydrogen-bond donors (Lipinski definition) is 2. The van der Waals surface area contributed by atoms with Gasteiger partial charge in [-0.25, -0.2) is 0 Å². The minimum atomic E-state index is -0.574. The summed E-state index contributed by atoms with van der Waals surface area (Å²) in [6.07, 6.45) is 2.89. The van der Waals surface area contributed by atoms with Crippen LogP contribution in [0.25, 0.3) is 6.08 Å². The van der Waals surface area contributed by atoms with Crippen molar-refractivity contribution in [3.63, 3.8) is 0 Å². The molecule has 0 bridgehead atoms. The lowest BCUT2D eigenvalue weighted by molar-refractivity contribution is 0.117. The third kappa shape index (κ3) is 4.21. The van der Waals surface area contributed by atoms with Crippen molar-refractivity contribution in [3.8, 4) is 0 Å². The van der Waals surface area contributed by atoms with E-state index >= 15 is 0 Å². The Kier molecular flexibility index (Phi) is 4.36. The van der Waals surface area contributed by atoms with Crippen LogP contribution in [0.5, 0.6) is 0 Å². The van der Waals surface area contributed by atoms with Crippen LogP contribution in [-0.4, -0.2) is 22.4 Å². The summed E-state index contributed by atoms with van der Waals surface area (Å²) < 4.78 is 0. The Hall–Kier alpha value is -1.12. The van der Waals surface area contributed by atoms with Gasteiger partial charge in [0.05, 0.1) is 12.2 Å². The van der Waals surface area contributed by atoms with Gasteiger partial charge in [-0.3, -0.25) is 0 Å². The second kappa shape index (κ2) is 5.58. The number of aliphatic hydroxyl groups is 2. The SMILES string of the molecule is C[C@@H](O)C[C@H](O)/C=C/c1ccccc1. The standard InChI is InChI=1S/C12H16O2/c1-10(13)9-12(14)8-7-11-5-3-2-4-6-11/h2-8,10,12-14H,9H2,1H3/b8-7+/t10-,12-/m1/s1. The molecule has 0 aliphatic rings. The monoisotopic (exact) mass is 192 g/mol. The van der Waals surface area contributed by atoms with Gasteiger partial charge < -0.3 is 10.2 Å². The highest BCUT2D eigenvalue weighted by molar-refractivity contribution is 5.49. The lowest BCUT2D eigenvalue weighted by atomic mass is 10.1.